The predicted molar refractivity (Wildman–Crippen MR) is 86.6 cm³/mol. The third-order valence-corrected chi connectivity index (χ3v) is 5.59. The molecule has 0 aromatic carbocycles. The van der Waals surface area contributed by atoms with Crippen LogP contribution in [-0.2, 0) is 0 Å². The van der Waals surface area contributed by atoms with Crippen molar-refractivity contribution in [1.82, 2.24) is 9.69 Å². The molecule has 3 rings (SSSR count). The van der Waals surface area contributed by atoms with Crippen LogP contribution in [0.4, 0.5) is 10.8 Å². The first-order valence-corrected chi connectivity index (χ1v) is 8.61. The molecule has 2 aliphatic rings. The minimum Gasteiger partial charge on any atom is -0.382 e. The topological polar surface area (TPSA) is 80.0 Å². The first kappa shape index (κ1) is 14.6. The summed E-state index contributed by atoms with van der Waals surface area (Å²) in [6, 6.07) is 0.0928. The molecule has 4 N–H and O–H groups in total. The van der Waals surface area contributed by atoms with Gasteiger partial charge >= 0.3 is 0 Å². The molecule has 3 unspecified atom stereocenters. The number of nitrogens with two attached hydrogens (primary N) is 1. The van der Waals surface area contributed by atoms with E-state index in [0.717, 1.165) is 29.3 Å². The van der Waals surface area contributed by atoms with Gasteiger partial charge in [0.2, 0.25) is 0 Å². The van der Waals surface area contributed by atoms with Crippen molar-refractivity contribution in [2.75, 3.05) is 17.6 Å². The summed E-state index contributed by atoms with van der Waals surface area (Å²) < 4.78 is 4.13. The molecule has 3 atom stereocenters. The molecule has 5 nitrogen and oxygen atoms in total. The van der Waals surface area contributed by atoms with Crippen LogP contribution in [-0.4, -0.2) is 22.9 Å². The Balaban J connectivity index is 1.64. The van der Waals surface area contributed by atoms with Gasteiger partial charge in [-0.1, -0.05) is 6.42 Å². The smallest absolute Gasteiger partial charge is 0.258 e. The van der Waals surface area contributed by atoms with Crippen molar-refractivity contribution in [3.05, 3.63) is 5.56 Å². The maximum atomic E-state index is 12.2. The van der Waals surface area contributed by atoms with Gasteiger partial charge in [-0.3, -0.25) is 4.79 Å². The lowest BCUT2D eigenvalue weighted by molar-refractivity contribution is 0.0945. The first-order chi connectivity index (χ1) is 10.0. The minimum atomic E-state index is -0.133. The lowest BCUT2D eigenvalue weighted by atomic mass is 9.89. The summed E-state index contributed by atoms with van der Waals surface area (Å²) in [5.74, 6) is 2.76. The van der Waals surface area contributed by atoms with Crippen LogP contribution in [0, 0.1) is 17.8 Å². The molecule has 2 saturated carbocycles. The highest BCUT2D eigenvalue weighted by atomic mass is 32.1. The van der Waals surface area contributed by atoms with Gasteiger partial charge in [0.05, 0.1) is 0 Å². The summed E-state index contributed by atoms with van der Waals surface area (Å²) in [5, 5.41) is 7.13. The summed E-state index contributed by atoms with van der Waals surface area (Å²) in [6.07, 6.45) is 5.52. The van der Waals surface area contributed by atoms with Crippen LogP contribution in [0.5, 0.6) is 0 Å². The summed E-state index contributed by atoms with van der Waals surface area (Å²) >= 11 is 1.29. The van der Waals surface area contributed by atoms with Gasteiger partial charge in [0.15, 0.2) is 5.82 Å². The molecule has 116 valence electrons. The second-order valence-electron chi connectivity index (χ2n) is 6.72. The molecular weight excluding hydrogens is 284 g/mol. The van der Waals surface area contributed by atoms with E-state index >= 15 is 0 Å². The van der Waals surface area contributed by atoms with Crippen LogP contribution in [0.2, 0.25) is 0 Å². The average molecular weight is 308 g/mol. The first-order valence-electron chi connectivity index (χ1n) is 7.84. The number of aromatic nitrogens is 1. The molecule has 2 bridgehead atoms. The van der Waals surface area contributed by atoms with Crippen molar-refractivity contribution >= 4 is 28.3 Å². The van der Waals surface area contributed by atoms with Gasteiger partial charge in [-0.15, -0.1) is 0 Å². The number of carbonyl (C=O) groups is 1. The van der Waals surface area contributed by atoms with Crippen molar-refractivity contribution < 1.29 is 4.79 Å². The molecule has 0 saturated heterocycles. The molecular formula is C15H24N4OS. The zero-order valence-electron chi connectivity index (χ0n) is 12.7. The number of nitrogens with one attached hydrogen (secondary N) is 2. The van der Waals surface area contributed by atoms with E-state index in [0.29, 0.717) is 11.4 Å². The van der Waals surface area contributed by atoms with Gasteiger partial charge in [0.1, 0.15) is 10.6 Å². The van der Waals surface area contributed by atoms with Gasteiger partial charge in [0, 0.05) is 12.6 Å². The zero-order chi connectivity index (χ0) is 15.0. The average Bonchev–Trinajstić information content (AvgIpc) is 3.10. The van der Waals surface area contributed by atoms with Crippen LogP contribution in [0.15, 0.2) is 0 Å². The normalized spacial score (nSPS) is 27.3. The Morgan fingerprint density at radius 1 is 1.43 bits per heavy atom. The highest BCUT2D eigenvalue weighted by Crippen LogP contribution is 2.48. The highest BCUT2D eigenvalue weighted by molar-refractivity contribution is 7.11. The van der Waals surface area contributed by atoms with Gasteiger partial charge in [-0.05, 0) is 62.4 Å². The Hall–Kier alpha value is -1.30. The lowest BCUT2D eigenvalue weighted by Crippen LogP contribution is -2.31. The Morgan fingerprint density at radius 2 is 2.24 bits per heavy atom. The third-order valence-electron chi connectivity index (χ3n) is 4.77. The van der Waals surface area contributed by atoms with Crippen LogP contribution >= 0.6 is 11.5 Å². The van der Waals surface area contributed by atoms with E-state index in [9.17, 15) is 4.79 Å². The van der Waals surface area contributed by atoms with Gasteiger partial charge in [-0.25, -0.2) is 0 Å². The van der Waals surface area contributed by atoms with E-state index in [1.54, 1.807) is 0 Å². The Morgan fingerprint density at radius 3 is 2.86 bits per heavy atom. The summed E-state index contributed by atoms with van der Waals surface area (Å²) in [6.45, 7) is 4.82. The number of rotatable bonds is 5. The Bertz CT molecular complexity index is 528. The molecule has 1 aromatic rings. The van der Waals surface area contributed by atoms with E-state index in [2.05, 4.69) is 15.0 Å². The number of amides is 1. The quantitative estimate of drug-likeness (QED) is 0.781. The lowest BCUT2D eigenvalue weighted by Gasteiger charge is -2.22. The van der Waals surface area contributed by atoms with Crippen LogP contribution in [0.3, 0.4) is 0 Å². The van der Waals surface area contributed by atoms with E-state index < -0.39 is 0 Å². The van der Waals surface area contributed by atoms with Crippen molar-refractivity contribution in [2.24, 2.45) is 17.8 Å². The maximum absolute atomic E-state index is 12.2. The number of hydrogen-bond donors (Lipinski definition) is 3. The summed E-state index contributed by atoms with van der Waals surface area (Å²) in [7, 11) is 0. The molecule has 2 fully saturated rings. The Labute approximate surface area is 129 Å². The number of nitrogens with zero attached hydrogens (tertiary/aromatic N) is 1. The molecule has 21 heavy (non-hydrogen) atoms. The van der Waals surface area contributed by atoms with Crippen LogP contribution in [0.25, 0.3) is 0 Å². The monoisotopic (exact) mass is 308 g/mol. The zero-order valence-corrected chi connectivity index (χ0v) is 13.5. The SMILES string of the molecule is CC(C)NC(=O)c1c(N)nsc1NCC1CC2CCC1C2. The molecule has 1 amide bonds. The third kappa shape index (κ3) is 3.00. The van der Waals surface area contributed by atoms with Crippen molar-refractivity contribution in [3.8, 4) is 0 Å². The molecule has 1 heterocycles. The predicted octanol–water partition coefficient (Wildman–Crippen LogP) is 2.71. The van der Waals surface area contributed by atoms with Crippen molar-refractivity contribution in [1.29, 1.82) is 0 Å². The second kappa shape index (κ2) is 5.83. The molecule has 0 radical (unpaired) electrons. The van der Waals surface area contributed by atoms with Crippen LogP contribution in [0.1, 0.15) is 49.9 Å². The standard InChI is InChI=1S/C15H24N4OS/c1-8(2)18-14(20)12-13(16)19-21-15(12)17-7-11-6-9-3-4-10(11)5-9/h8-11,17H,3-7H2,1-2H3,(H2,16,19)(H,18,20). The van der Waals surface area contributed by atoms with Gasteiger partial charge < -0.3 is 16.4 Å². The van der Waals surface area contributed by atoms with Crippen molar-refractivity contribution in [3.63, 3.8) is 0 Å². The van der Waals surface area contributed by atoms with E-state index in [-0.39, 0.29) is 11.9 Å². The fourth-order valence-corrected chi connectivity index (χ4v) is 4.54. The summed E-state index contributed by atoms with van der Waals surface area (Å²) in [4.78, 5) is 12.2. The number of nitrogen functional groups attached to an aromatic ring is 1. The van der Waals surface area contributed by atoms with E-state index in [4.69, 9.17) is 5.73 Å². The van der Waals surface area contributed by atoms with Gasteiger partial charge in [-0.2, -0.15) is 4.37 Å². The van der Waals surface area contributed by atoms with E-state index in [1.807, 2.05) is 13.8 Å². The number of carbonyl (C=O) groups excluding carboxylic acids is 1. The number of anilines is 2. The fourth-order valence-electron chi connectivity index (χ4n) is 3.83. The molecule has 0 aliphatic heterocycles. The molecule has 6 heteroatoms. The highest BCUT2D eigenvalue weighted by Gasteiger charge is 2.39. The fraction of sp³-hybridized carbons (Fsp3) is 0.733. The van der Waals surface area contributed by atoms with E-state index in [1.165, 1.54) is 37.2 Å². The second-order valence-corrected chi connectivity index (χ2v) is 7.49. The molecule has 1 aromatic heterocycles. The summed E-state index contributed by atoms with van der Waals surface area (Å²) in [5.41, 5.74) is 6.37. The molecule has 2 aliphatic carbocycles. The van der Waals surface area contributed by atoms with Gasteiger partial charge in [0.25, 0.3) is 5.91 Å². The number of hydrogen-bond acceptors (Lipinski definition) is 5. The van der Waals surface area contributed by atoms with Crippen molar-refractivity contribution in [2.45, 2.75) is 45.6 Å². The maximum Gasteiger partial charge on any atom is 0.258 e. The molecule has 0 spiro atoms. The number of fused-ring (bicyclic) bond motifs is 2. The van der Waals surface area contributed by atoms with Crippen LogP contribution < -0.4 is 16.4 Å². The largest absolute Gasteiger partial charge is 0.382 e. The minimum absolute atomic E-state index is 0.0928. The Kier molecular flexibility index (Phi) is 4.06.